The molecule has 0 bridgehead atoms. The first-order valence-corrected chi connectivity index (χ1v) is 9.79. The minimum absolute atomic E-state index is 0.174. The van der Waals surface area contributed by atoms with E-state index in [2.05, 4.69) is 12.0 Å². The Balaban J connectivity index is 1.94. The monoisotopic (exact) mass is 417 g/mol. The fraction of sp³-hybridized carbons (Fsp3) is 0.238. The molecule has 0 spiro atoms. The van der Waals surface area contributed by atoms with Gasteiger partial charge < -0.3 is 10.5 Å². The third-order valence-corrected chi connectivity index (χ3v) is 4.67. The molecule has 5 nitrogen and oxygen atoms in total. The van der Waals surface area contributed by atoms with Crippen molar-refractivity contribution in [3.63, 3.8) is 0 Å². The molecule has 3 rings (SSSR count). The lowest BCUT2D eigenvalue weighted by Crippen LogP contribution is -2.37. The van der Waals surface area contributed by atoms with Gasteiger partial charge in [-0.2, -0.15) is 10.1 Å². The summed E-state index contributed by atoms with van der Waals surface area (Å²) in [5.74, 6) is -0.353. The van der Waals surface area contributed by atoms with Crippen LogP contribution in [0.5, 0.6) is 0 Å². The average Bonchev–Trinajstić information content (AvgIpc) is 2.68. The molecule has 0 amide bonds. The van der Waals surface area contributed by atoms with Crippen LogP contribution in [0.4, 0.5) is 5.69 Å². The number of ketones is 1. The van der Waals surface area contributed by atoms with Gasteiger partial charge in [-0.1, -0.05) is 54.7 Å². The highest BCUT2D eigenvalue weighted by Crippen LogP contribution is 2.28. The number of hydrazone groups is 1. The van der Waals surface area contributed by atoms with E-state index < -0.39 is 5.92 Å². The number of benzene rings is 2. The van der Waals surface area contributed by atoms with Crippen molar-refractivity contribution < 1.29 is 9.53 Å². The second-order valence-electron chi connectivity index (χ2n) is 6.38. The predicted octanol–water partition coefficient (Wildman–Crippen LogP) is 5.24. The Kier molecular flexibility index (Phi) is 6.60. The second kappa shape index (κ2) is 9.13. The van der Waals surface area contributed by atoms with E-state index in [1.165, 1.54) is 0 Å². The van der Waals surface area contributed by atoms with Crippen LogP contribution < -0.4 is 10.7 Å². The number of amidine groups is 1. The third kappa shape index (κ3) is 4.66. The molecule has 1 heterocycles. The molecule has 0 saturated carbocycles. The summed E-state index contributed by atoms with van der Waals surface area (Å²) in [7, 11) is 0. The Morgan fingerprint density at radius 1 is 1.18 bits per heavy atom. The van der Waals surface area contributed by atoms with Crippen LogP contribution >= 0.6 is 23.2 Å². The standard InChI is InChI=1S/C21H21Cl2N3O2/c1-2-3-9-28-19-13-18(20(27)14-10-15(22)12-16(23)11-14)21(24)25-26(19)17-7-5-4-6-8-17/h4-8,10-13,18H,2-3,9H2,1H3,(H2,24,25). The molecular formula is C21H21Cl2N3O2. The van der Waals surface area contributed by atoms with E-state index in [4.69, 9.17) is 33.7 Å². The predicted molar refractivity (Wildman–Crippen MR) is 114 cm³/mol. The molecule has 0 aromatic heterocycles. The van der Waals surface area contributed by atoms with E-state index in [0.717, 1.165) is 18.5 Å². The van der Waals surface area contributed by atoms with E-state index in [1.807, 2.05) is 30.3 Å². The molecule has 28 heavy (non-hydrogen) atoms. The van der Waals surface area contributed by atoms with Crippen LogP contribution in [-0.4, -0.2) is 18.2 Å². The zero-order valence-electron chi connectivity index (χ0n) is 15.4. The Hall–Kier alpha value is -2.50. The number of rotatable bonds is 7. The first kappa shape index (κ1) is 20.2. The number of nitrogens with two attached hydrogens (primary N) is 1. The highest BCUT2D eigenvalue weighted by molar-refractivity contribution is 6.35. The molecule has 1 unspecified atom stereocenters. The third-order valence-electron chi connectivity index (χ3n) is 4.23. The quantitative estimate of drug-likeness (QED) is 0.493. The normalized spacial score (nSPS) is 16.4. The van der Waals surface area contributed by atoms with E-state index in [0.29, 0.717) is 28.1 Å². The number of unbranched alkanes of at least 4 members (excludes halogenated alkanes) is 1. The number of carbonyl (C=O) groups excluding carboxylic acids is 1. The van der Waals surface area contributed by atoms with Crippen molar-refractivity contribution >= 4 is 40.5 Å². The molecule has 0 radical (unpaired) electrons. The Labute approximate surface area is 174 Å². The second-order valence-corrected chi connectivity index (χ2v) is 7.25. The fourth-order valence-corrected chi connectivity index (χ4v) is 3.32. The number of hydrogen-bond acceptors (Lipinski definition) is 5. The lowest BCUT2D eigenvalue weighted by Gasteiger charge is -2.28. The van der Waals surface area contributed by atoms with Crippen LogP contribution in [0.3, 0.4) is 0 Å². The van der Waals surface area contributed by atoms with Gasteiger partial charge in [0.1, 0.15) is 11.8 Å². The fourth-order valence-electron chi connectivity index (χ4n) is 2.80. The molecule has 7 heteroatoms. The highest BCUT2D eigenvalue weighted by atomic mass is 35.5. The van der Waals surface area contributed by atoms with Gasteiger partial charge in [-0.3, -0.25) is 4.79 Å². The number of carbonyl (C=O) groups is 1. The van der Waals surface area contributed by atoms with Crippen LogP contribution in [0.1, 0.15) is 30.1 Å². The minimum atomic E-state index is -0.758. The van der Waals surface area contributed by atoms with Crippen molar-refractivity contribution in [3.8, 4) is 0 Å². The van der Waals surface area contributed by atoms with Gasteiger partial charge in [0.15, 0.2) is 5.78 Å². The first-order valence-electron chi connectivity index (χ1n) is 9.03. The first-order chi connectivity index (χ1) is 13.5. The van der Waals surface area contributed by atoms with Crippen molar-refractivity contribution in [2.75, 3.05) is 11.6 Å². The molecular weight excluding hydrogens is 397 g/mol. The molecule has 2 N–H and O–H groups in total. The number of hydrogen-bond donors (Lipinski definition) is 1. The number of anilines is 1. The van der Waals surface area contributed by atoms with Crippen LogP contribution in [0, 0.1) is 5.92 Å². The van der Waals surface area contributed by atoms with Crippen LogP contribution in [0.15, 0.2) is 65.6 Å². The average molecular weight is 418 g/mol. The number of halogens is 2. The van der Waals surface area contributed by atoms with E-state index in [9.17, 15) is 4.79 Å². The van der Waals surface area contributed by atoms with Gasteiger partial charge in [-0.15, -0.1) is 0 Å². The van der Waals surface area contributed by atoms with Crippen molar-refractivity contribution in [2.24, 2.45) is 16.8 Å². The van der Waals surface area contributed by atoms with Crippen molar-refractivity contribution in [1.82, 2.24) is 0 Å². The van der Waals surface area contributed by atoms with Gasteiger partial charge in [-0.25, -0.2) is 0 Å². The van der Waals surface area contributed by atoms with Crippen LogP contribution in [0.2, 0.25) is 10.0 Å². The smallest absolute Gasteiger partial charge is 0.212 e. The number of para-hydroxylation sites is 1. The molecule has 146 valence electrons. The minimum Gasteiger partial charge on any atom is -0.478 e. The van der Waals surface area contributed by atoms with E-state index in [1.54, 1.807) is 29.3 Å². The van der Waals surface area contributed by atoms with Crippen molar-refractivity contribution in [2.45, 2.75) is 19.8 Å². The lowest BCUT2D eigenvalue weighted by molar-refractivity contribution is 0.0966. The summed E-state index contributed by atoms with van der Waals surface area (Å²) in [6, 6.07) is 14.2. The topological polar surface area (TPSA) is 67.9 Å². The van der Waals surface area contributed by atoms with E-state index >= 15 is 0 Å². The summed E-state index contributed by atoms with van der Waals surface area (Å²) in [6.45, 7) is 2.60. The SMILES string of the molecule is CCCCOC1=CC(C(=O)c2cc(Cl)cc(Cl)c2)C(N)=NN1c1ccccc1. The van der Waals surface area contributed by atoms with E-state index in [-0.39, 0.29) is 11.6 Å². The van der Waals surface area contributed by atoms with Crippen molar-refractivity contribution in [3.05, 3.63) is 76.1 Å². The summed E-state index contributed by atoms with van der Waals surface area (Å²) in [5.41, 5.74) is 7.33. The highest BCUT2D eigenvalue weighted by Gasteiger charge is 2.30. The van der Waals surface area contributed by atoms with Crippen LogP contribution in [-0.2, 0) is 4.74 Å². The van der Waals surface area contributed by atoms with Gasteiger partial charge in [0.2, 0.25) is 5.88 Å². The summed E-state index contributed by atoms with van der Waals surface area (Å²) < 4.78 is 5.92. The largest absolute Gasteiger partial charge is 0.478 e. The lowest BCUT2D eigenvalue weighted by atomic mass is 9.95. The zero-order valence-corrected chi connectivity index (χ0v) is 17.0. The molecule has 0 fully saturated rings. The molecule has 1 aliphatic heterocycles. The van der Waals surface area contributed by atoms with Crippen LogP contribution in [0.25, 0.3) is 0 Å². The molecule has 0 aliphatic carbocycles. The van der Waals surface area contributed by atoms with Gasteiger partial charge in [0.25, 0.3) is 0 Å². The van der Waals surface area contributed by atoms with Gasteiger partial charge in [0.05, 0.1) is 12.3 Å². The van der Waals surface area contributed by atoms with Gasteiger partial charge in [0, 0.05) is 15.6 Å². The summed E-state index contributed by atoms with van der Waals surface area (Å²) in [6.07, 6.45) is 3.58. The van der Waals surface area contributed by atoms with Gasteiger partial charge in [-0.05, 0) is 42.8 Å². The van der Waals surface area contributed by atoms with Crippen molar-refractivity contribution in [1.29, 1.82) is 0 Å². The summed E-state index contributed by atoms with van der Waals surface area (Å²) in [5, 5.41) is 6.82. The Bertz CT molecular complexity index is 893. The molecule has 2 aromatic carbocycles. The molecule has 1 atom stereocenters. The maximum atomic E-state index is 13.0. The summed E-state index contributed by atoms with van der Waals surface area (Å²) in [4.78, 5) is 13.0. The maximum absolute atomic E-state index is 13.0. The molecule has 1 aliphatic rings. The Morgan fingerprint density at radius 2 is 1.86 bits per heavy atom. The number of ether oxygens (including phenoxy) is 1. The van der Waals surface area contributed by atoms with Gasteiger partial charge >= 0.3 is 0 Å². The summed E-state index contributed by atoms with van der Waals surface area (Å²) >= 11 is 12.1. The number of Topliss-reactive ketones (excluding diaryl/α,β-unsaturated/α-hetero) is 1. The molecule has 0 saturated heterocycles. The maximum Gasteiger partial charge on any atom is 0.212 e. The number of nitrogens with zero attached hydrogens (tertiary/aromatic N) is 2. The zero-order chi connectivity index (χ0) is 20.1. The Morgan fingerprint density at radius 3 is 2.50 bits per heavy atom. The molecule has 2 aromatic rings.